The van der Waals surface area contributed by atoms with Crippen molar-refractivity contribution in [1.29, 1.82) is 0 Å². The van der Waals surface area contributed by atoms with Crippen molar-refractivity contribution in [3.05, 3.63) is 58.3 Å². The van der Waals surface area contributed by atoms with Gasteiger partial charge < -0.3 is 9.30 Å². The molecule has 1 atom stereocenters. The number of hydrogen-bond acceptors (Lipinski definition) is 5. The minimum atomic E-state index is -0.949. The van der Waals surface area contributed by atoms with E-state index in [2.05, 4.69) is 4.57 Å². The molecule has 6 nitrogen and oxygen atoms in total. The van der Waals surface area contributed by atoms with E-state index in [0.717, 1.165) is 39.3 Å². The molecule has 2 heterocycles. The lowest BCUT2D eigenvalue weighted by atomic mass is 10.2. The van der Waals surface area contributed by atoms with Gasteiger partial charge in [-0.15, -0.1) is 0 Å². The van der Waals surface area contributed by atoms with Gasteiger partial charge >= 0.3 is 5.97 Å². The van der Waals surface area contributed by atoms with E-state index >= 15 is 0 Å². The Morgan fingerprint density at radius 2 is 1.89 bits per heavy atom. The maximum Gasteiger partial charge on any atom is 0.329 e. The summed E-state index contributed by atoms with van der Waals surface area (Å²) in [7, 11) is 0. The van der Waals surface area contributed by atoms with E-state index in [-0.39, 0.29) is 6.61 Å². The summed E-state index contributed by atoms with van der Waals surface area (Å²) in [5.41, 5.74) is 3.87. The molecule has 7 heteroatoms. The number of benzene rings is 1. The van der Waals surface area contributed by atoms with Gasteiger partial charge in [0, 0.05) is 17.1 Å². The number of carbonyl (C=O) groups is 3. The Balaban J connectivity index is 1.92. The molecule has 1 fully saturated rings. The van der Waals surface area contributed by atoms with Gasteiger partial charge in [-0.2, -0.15) is 0 Å². The molecule has 0 bridgehead atoms. The third-order valence-corrected chi connectivity index (χ3v) is 5.49. The van der Waals surface area contributed by atoms with Crippen LogP contribution in [-0.4, -0.2) is 39.2 Å². The second kappa shape index (κ2) is 8.06. The average Bonchev–Trinajstić information content (AvgIpc) is 3.10. The fourth-order valence-electron chi connectivity index (χ4n) is 3.23. The number of imide groups is 1. The van der Waals surface area contributed by atoms with Gasteiger partial charge in [-0.05, 0) is 69.3 Å². The maximum absolute atomic E-state index is 12.7. The fourth-order valence-corrected chi connectivity index (χ4v) is 4.13. The van der Waals surface area contributed by atoms with Gasteiger partial charge in [0.1, 0.15) is 6.04 Å². The number of carbonyl (C=O) groups excluding carboxylic acids is 3. The van der Waals surface area contributed by atoms with Crippen LogP contribution >= 0.6 is 11.8 Å². The topological polar surface area (TPSA) is 68.6 Å². The summed E-state index contributed by atoms with van der Waals surface area (Å²) in [6, 6.07) is 10.9. The summed E-state index contributed by atoms with van der Waals surface area (Å²) in [6.07, 6.45) is 1.71. The first-order chi connectivity index (χ1) is 13.3. The van der Waals surface area contributed by atoms with Gasteiger partial charge in [0.15, 0.2) is 0 Å². The zero-order valence-electron chi connectivity index (χ0n) is 16.3. The predicted molar refractivity (Wildman–Crippen MR) is 109 cm³/mol. The zero-order chi connectivity index (χ0) is 20.4. The van der Waals surface area contributed by atoms with E-state index in [1.165, 1.54) is 6.92 Å². The lowest BCUT2D eigenvalue weighted by molar-refractivity contribution is -0.150. The molecule has 3 rings (SSSR count). The number of nitrogens with zero attached hydrogens (tertiary/aromatic N) is 2. The second-order valence-corrected chi connectivity index (χ2v) is 7.47. The third-order valence-electron chi connectivity index (χ3n) is 4.61. The molecule has 1 aliphatic heterocycles. The standard InChI is InChI=1S/C21H22N2O4S/c1-5-27-20(25)15(4)23-19(24)18(28-21(23)26)12-16-11-13(2)22(14(16)3)17-9-7-6-8-10-17/h6-12,15H,5H2,1-4H3/b18-12-/t15-/m1/s1. The molecule has 1 aliphatic rings. The molecule has 0 spiro atoms. The van der Waals surface area contributed by atoms with Crippen LogP contribution < -0.4 is 0 Å². The van der Waals surface area contributed by atoms with Crippen LogP contribution in [0.4, 0.5) is 4.79 Å². The van der Waals surface area contributed by atoms with Crippen LogP contribution in [0.1, 0.15) is 30.8 Å². The molecular weight excluding hydrogens is 376 g/mol. The Kier molecular flexibility index (Phi) is 5.74. The maximum atomic E-state index is 12.7. The number of thioether (sulfide) groups is 1. The van der Waals surface area contributed by atoms with Crippen LogP contribution in [-0.2, 0) is 14.3 Å². The molecule has 0 radical (unpaired) electrons. The molecule has 1 aromatic carbocycles. The van der Waals surface area contributed by atoms with Crippen LogP contribution in [0.2, 0.25) is 0 Å². The molecule has 0 saturated carbocycles. The molecule has 1 saturated heterocycles. The Morgan fingerprint density at radius 3 is 2.54 bits per heavy atom. The van der Waals surface area contributed by atoms with Crippen LogP contribution in [0.5, 0.6) is 0 Å². The van der Waals surface area contributed by atoms with Gasteiger partial charge in [-0.1, -0.05) is 18.2 Å². The predicted octanol–water partition coefficient (Wildman–Crippen LogP) is 4.08. The van der Waals surface area contributed by atoms with E-state index in [9.17, 15) is 14.4 Å². The Morgan fingerprint density at radius 1 is 1.21 bits per heavy atom. The zero-order valence-corrected chi connectivity index (χ0v) is 17.1. The highest BCUT2D eigenvalue weighted by Crippen LogP contribution is 2.35. The number of aromatic nitrogens is 1. The van der Waals surface area contributed by atoms with E-state index in [1.54, 1.807) is 13.0 Å². The molecule has 0 unspecified atom stereocenters. The van der Waals surface area contributed by atoms with Crippen molar-refractivity contribution in [3.63, 3.8) is 0 Å². The number of ether oxygens (including phenoxy) is 1. The Bertz CT molecular complexity index is 962. The third kappa shape index (κ3) is 3.62. The molecule has 146 valence electrons. The number of para-hydroxylation sites is 1. The average molecular weight is 398 g/mol. The molecule has 0 aliphatic carbocycles. The van der Waals surface area contributed by atoms with E-state index in [4.69, 9.17) is 4.74 Å². The summed E-state index contributed by atoms with van der Waals surface area (Å²) < 4.78 is 7.03. The number of hydrogen-bond donors (Lipinski definition) is 0. The van der Waals surface area contributed by atoms with Crippen LogP contribution in [0.3, 0.4) is 0 Å². The first-order valence-electron chi connectivity index (χ1n) is 9.03. The normalized spacial score (nSPS) is 16.7. The Hall–Kier alpha value is -2.80. The SMILES string of the molecule is CCOC(=O)[C@@H](C)N1C(=O)S/C(=C\c2cc(C)n(-c3ccccc3)c2C)C1=O. The smallest absolute Gasteiger partial charge is 0.329 e. The van der Waals surface area contributed by atoms with Gasteiger partial charge in [0.2, 0.25) is 0 Å². The molecule has 28 heavy (non-hydrogen) atoms. The van der Waals surface area contributed by atoms with Gasteiger partial charge in [0.05, 0.1) is 11.5 Å². The summed E-state index contributed by atoms with van der Waals surface area (Å²) in [5.74, 6) is -1.06. The lowest BCUT2D eigenvalue weighted by Gasteiger charge is -2.19. The minimum absolute atomic E-state index is 0.195. The van der Waals surface area contributed by atoms with Crippen molar-refractivity contribution in [2.45, 2.75) is 33.7 Å². The van der Waals surface area contributed by atoms with Crippen molar-refractivity contribution < 1.29 is 19.1 Å². The van der Waals surface area contributed by atoms with Crippen LogP contribution in [0, 0.1) is 13.8 Å². The number of aryl methyl sites for hydroxylation is 1. The highest BCUT2D eigenvalue weighted by Gasteiger charge is 2.41. The fraction of sp³-hybridized carbons (Fsp3) is 0.286. The molecule has 1 aromatic heterocycles. The van der Waals surface area contributed by atoms with E-state index in [0.29, 0.717) is 4.91 Å². The number of rotatable bonds is 5. The summed E-state index contributed by atoms with van der Waals surface area (Å²) >= 11 is 0.842. The first kappa shape index (κ1) is 19.9. The molecule has 2 amide bonds. The van der Waals surface area contributed by atoms with Crippen LogP contribution in [0.15, 0.2) is 41.3 Å². The van der Waals surface area contributed by atoms with E-state index < -0.39 is 23.2 Å². The molecule has 0 N–H and O–H groups in total. The van der Waals surface area contributed by atoms with Crippen molar-refractivity contribution >= 4 is 35.0 Å². The van der Waals surface area contributed by atoms with Gasteiger partial charge in [-0.25, -0.2) is 4.79 Å². The van der Waals surface area contributed by atoms with Crippen molar-refractivity contribution in [2.75, 3.05) is 6.61 Å². The first-order valence-corrected chi connectivity index (χ1v) is 9.84. The lowest BCUT2D eigenvalue weighted by Crippen LogP contribution is -2.42. The van der Waals surface area contributed by atoms with Crippen molar-refractivity contribution in [2.24, 2.45) is 0 Å². The highest BCUT2D eigenvalue weighted by atomic mass is 32.2. The largest absolute Gasteiger partial charge is 0.464 e. The summed E-state index contributed by atoms with van der Waals surface area (Å²) in [4.78, 5) is 38.3. The minimum Gasteiger partial charge on any atom is -0.464 e. The summed E-state index contributed by atoms with van der Waals surface area (Å²) in [5, 5.41) is -0.464. The number of esters is 1. The van der Waals surface area contributed by atoms with Gasteiger partial charge in [-0.3, -0.25) is 14.5 Å². The monoisotopic (exact) mass is 398 g/mol. The quantitative estimate of drug-likeness (QED) is 0.561. The summed E-state index contributed by atoms with van der Waals surface area (Å²) in [6.45, 7) is 7.34. The highest BCUT2D eigenvalue weighted by molar-refractivity contribution is 8.18. The van der Waals surface area contributed by atoms with Crippen molar-refractivity contribution in [1.82, 2.24) is 9.47 Å². The van der Waals surface area contributed by atoms with Gasteiger partial charge in [0.25, 0.3) is 11.1 Å². The van der Waals surface area contributed by atoms with E-state index in [1.807, 2.05) is 50.2 Å². The second-order valence-electron chi connectivity index (χ2n) is 6.48. The van der Waals surface area contributed by atoms with Crippen molar-refractivity contribution in [3.8, 4) is 5.69 Å². The molecule has 2 aromatic rings. The molecular formula is C21H22N2O4S. The Labute approximate surface area is 168 Å². The number of amides is 2. The van der Waals surface area contributed by atoms with Crippen LogP contribution in [0.25, 0.3) is 11.8 Å².